The lowest BCUT2D eigenvalue weighted by Gasteiger charge is -2.06. The van der Waals surface area contributed by atoms with E-state index in [2.05, 4.69) is 20.7 Å². The second-order valence-corrected chi connectivity index (χ2v) is 3.57. The van der Waals surface area contributed by atoms with Crippen molar-refractivity contribution in [2.24, 2.45) is 0 Å². The van der Waals surface area contributed by atoms with Gasteiger partial charge in [-0.2, -0.15) is 0 Å². The van der Waals surface area contributed by atoms with Crippen molar-refractivity contribution < 1.29 is 24.0 Å². The van der Waals surface area contributed by atoms with E-state index in [1.807, 2.05) is 0 Å². The number of ether oxygens (including phenoxy) is 1. The summed E-state index contributed by atoms with van der Waals surface area (Å²) in [5.74, 6) is -1.59. The molecule has 0 saturated carbocycles. The molecule has 0 aliphatic carbocycles. The Balaban J connectivity index is 3.25. The van der Waals surface area contributed by atoms with Gasteiger partial charge in [0.15, 0.2) is 0 Å². The van der Waals surface area contributed by atoms with Crippen LogP contribution in [-0.4, -0.2) is 30.2 Å². The molecule has 0 atom stereocenters. The third kappa shape index (κ3) is 2.56. The van der Waals surface area contributed by atoms with Crippen LogP contribution in [0.4, 0.5) is 4.39 Å². The molecule has 2 N–H and O–H groups in total. The number of hydrogen-bond acceptors (Lipinski definition) is 4. The van der Waals surface area contributed by atoms with Gasteiger partial charge in [-0.1, -0.05) is 0 Å². The molecule has 0 aromatic heterocycles. The van der Waals surface area contributed by atoms with Crippen LogP contribution in [0.15, 0.2) is 16.6 Å². The molecule has 0 aliphatic heterocycles. The summed E-state index contributed by atoms with van der Waals surface area (Å²) in [5, 5.41) is 17.6. The van der Waals surface area contributed by atoms with Crippen molar-refractivity contribution >= 4 is 34.5 Å². The maximum absolute atomic E-state index is 13.2. The fraction of sp³-hybridized carbons (Fsp3) is 0.125. The topological polar surface area (TPSA) is 66.8 Å². The van der Waals surface area contributed by atoms with Gasteiger partial charge < -0.3 is 14.8 Å². The minimum atomic E-state index is -1.92. The summed E-state index contributed by atoms with van der Waals surface area (Å²) in [7, 11) is -0.755. The van der Waals surface area contributed by atoms with E-state index in [0.29, 0.717) is 0 Å². The number of halogens is 2. The molecule has 0 amide bonds. The molecule has 0 unspecified atom stereocenters. The van der Waals surface area contributed by atoms with Crippen LogP contribution >= 0.6 is 15.9 Å². The van der Waals surface area contributed by atoms with Crippen molar-refractivity contribution in [3.63, 3.8) is 0 Å². The van der Waals surface area contributed by atoms with E-state index in [0.717, 1.165) is 12.1 Å². The summed E-state index contributed by atoms with van der Waals surface area (Å²) in [4.78, 5) is 11.1. The van der Waals surface area contributed by atoms with Crippen molar-refractivity contribution in [3.05, 3.63) is 28.0 Å². The van der Waals surface area contributed by atoms with Gasteiger partial charge in [-0.05, 0) is 28.1 Å². The van der Waals surface area contributed by atoms with Crippen molar-refractivity contribution in [1.82, 2.24) is 0 Å². The molecule has 80 valence electrons. The van der Waals surface area contributed by atoms with Gasteiger partial charge in [0.1, 0.15) is 5.82 Å². The zero-order valence-corrected chi connectivity index (χ0v) is 9.28. The Labute approximate surface area is 94.0 Å². The minimum Gasteiger partial charge on any atom is -0.465 e. The molecule has 0 radical (unpaired) electrons. The number of hydrogen-bond donors (Lipinski definition) is 2. The maximum atomic E-state index is 13.2. The van der Waals surface area contributed by atoms with Crippen LogP contribution in [0.3, 0.4) is 0 Å². The fourth-order valence-electron chi connectivity index (χ4n) is 1.03. The predicted octanol–water partition coefficient (Wildman–Crippen LogP) is 0.0546. The second-order valence-electron chi connectivity index (χ2n) is 2.72. The highest BCUT2D eigenvalue weighted by Gasteiger charge is 2.21. The van der Waals surface area contributed by atoms with Crippen LogP contribution < -0.4 is 5.46 Å². The van der Waals surface area contributed by atoms with E-state index >= 15 is 0 Å². The number of rotatable bonds is 2. The Morgan fingerprint density at radius 1 is 1.53 bits per heavy atom. The lowest BCUT2D eigenvalue weighted by Crippen LogP contribution is -2.33. The number of carbonyl (C=O) groups is 1. The number of methoxy groups -OCH3 is 1. The van der Waals surface area contributed by atoms with E-state index in [4.69, 9.17) is 10.0 Å². The number of benzene rings is 1. The van der Waals surface area contributed by atoms with Gasteiger partial charge in [-0.15, -0.1) is 0 Å². The molecule has 1 rings (SSSR count). The third-order valence-electron chi connectivity index (χ3n) is 1.77. The molecular weight excluding hydrogens is 270 g/mol. The molecule has 0 aliphatic rings. The molecule has 0 spiro atoms. The van der Waals surface area contributed by atoms with Crippen molar-refractivity contribution in [2.75, 3.05) is 7.11 Å². The fourth-order valence-corrected chi connectivity index (χ4v) is 1.55. The molecule has 0 fully saturated rings. The highest BCUT2D eigenvalue weighted by atomic mass is 79.9. The van der Waals surface area contributed by atoms with E-state index in [1.54, 1.807) is 0 Å². The quantitative estimate of drug-likeness (QED) is 0.592. The Morgan fingerprint density at radius 2 is 2.13 bits per heavy atom. The standard InChI is InChI=1S/C8H7BBrFO4/c1-15-8(12)4-2-7(11)5(9(13)14)3-6(4)10/h2-3,13-14H,1H3. The first-order valence-electron chi connectivity index (χ1n) is 3.90. The summed E-state index contributed by atoms with van der Waals surface area (Å²) >= 11 is 3.00. The molecule has 4 nitrogen and oxygen atoms in total. The smallest absolute Gasteiger partial charge is 0.465 e. The van der Waals surface area contributed by atoms with Crippen molar-refractivity contribution in [1.29, 1.82) is 0 Å². The first kappa shape index (κ1) is 12.2. The van der Waals surface area contributed by atoms with Gasteiger partial charge in [0.2, 0.25) is 0 Å². The molecule has 7 heteroatoms. The van der Waals surface area contributed by atoms with Gasteiger partial charge in [0.25, 0.3) is 0 Å². The van der Waals surface area contributed by atoms with Gasteiger partial charge in [0, 0.05) is 9.94 Å². The molecular formula is C8H7BBrFO4. The van der Waals surface area contributed by atoms with Crippen LogP contribution in [0.2, 0.25) is 0 Å². The molecule has 0 heterocycles. The number of esters is 1. The van der Waals surface area contributed by atoms with Gasteiger partial charge in [-0.25, -0.2) is 9.18 Å². The molecule has 1 aromatic rings. The zero-order chi connectivity index (χ0) is 11.6. The normalized spacial score (nSPS) is 9.93. The van der Waals surface area contributed by atoms with Crippen molar-refractivity contribution in [3.8, 4) is 0 Å². The van der Waals surface area contributed by atoms with E-state index in [1.165, 1.54) is 7.11 Å². The Hall–Kier alpha value is -0.915. The molecule has 0 bridgehead atoms. The van der Waals surface area contributed by atoms with Crippen LogP contribution in [-0.2, 0) is 4.74 Å². The van der Waals surface area contributed by atoms with Crippen LogP contribution in [0.1, 0.15) is 10.4 Å². The second kappa shape index (κ2) is 4.74. The monoisotopic (exact) mass is 276 g/mol. The average molecular weight is 277 g/mol. The van der Waals surface area contributed by atoms with Crippen LogP contribution in [0.25, 0.3) is 0 Å². The van der Waals surface area contributed by atoms with Gasteiger partial charge >= 0.3 is 13.1 Å². The minimum absolute atomic E-state index is 0.0144. The predicted molar refractivity (Wildman–Crippen MR) is 55.3 cm³/mol. The highest BCUT2D eigenvalue weighted by molar-refractivity contribution is 9.10. The zero-order valence-electron chi connectivity index (χ0n) is 7.70. The first-order chi connectivity index (χ1) is 6.97. The van der Waals surface area contributed by atoms with E-state index in [9.17, 15) is 9.18 Å². The summed E-state index contributed by atoms with van der Waals surface area (Å²) in [6.45, 7) is 0. The SMILES string of the molecule is COC(=O)c1cc(F)c(B(O)O)cc1Br. The van der Waals surface area contributed by atoms with Crippen molar-refractivity contribution in [2.45, 2.75) is 0 Å². The third-order valence-corrected chi connectivity index (χ3v) is 2.43. The number of carbonyl (C=O) groups excluding carboxylic acids is 1. The summed E-state index contributed by atoms with van der Waals surface area (Å²) < 4.78 is 17.9. The summed E-state index contributed by atoms with van der Waals surface area (Å²) in [6.07, 6.45) is 0. The lowest BCUT2D eigenvalue weighted by atomic mass is 9.79. The Kier molecular flexibility index (Phi) is 3.84. The largest absolute Gasteiger partial charge is 0.491 e. The Morgan fingerprint density at radius 3 is 2.60 bits per heavy atom. The summed E-state index contributed by atoms with van der Waals surface area (Å²) in [5.41, 5.74) is -0.325. The Bertz CT molecular complexity index is 396. The lowest BCUT2D eigenvalue weighted by molar-refractivity contribution is 0.0599. The van der Waals surface area contributed by atoms with Crippen LogP contribution in [0.5, 0.6) is 0 Å². The van der Waals surface area contributed by atoms with Gasteiger partial charge in [0.05, 0.1) is 12.7 Å². The summed E-state index contributed by atoms with van der Waals surface area (Å²) in [6, 6.07) is 2.00. The van der Waals surface area contributed by atoms with E-state index < -0.39 is 18.9 Å². The van der Waals surface area contributed by atoms with E-state index in [-0.39, 0.29) is 15.5 Å². The molecule has 0 saturated heterocycles. The molecule has 15 heavy (non-hydrogen) atoms. The van der Waals surface area contributed by atoms with Crippen LogP contribution in [0, 0.1) is 5.82 Å². The molecule has 1 aromatic carbocycles. The van der Waals surface area contributed by atoms with Gasteiger partial charge in [-0.3, -0.25) is 0 Å². The highest BCUT2D eigenvalue weighted by Crippen LogP contribution is 2.17. The maximum Gasteiger partial charge on any atom is 0.491 e. The first-order valence-corrected chi connectivity index (χ1v) is 4.70. The average Bonchev–Trinajstić information content (AvgIpc) is 2.19.